The van der Waals surface area contributed by atoms with Gasteiger partial charge < -0.3 is 14.3 Å². The molecular weight excluding hydrogens is 547 g/mol. The summed E-state index contributed by atoms with van der Waals surface area (Å²) in [7, 11) is 0. The molecule has 0 fully saturated rings. The van der Waals surface area contributed by atoms with E-state index in [4.69, 9.17) is 9.41 Å². The SMILES string of the molecule is c1ccc2cc3c(cc2c1)c1ccccc1n3C1NC(c2cccc3oc4ccccc4c23)=Nc2sc3ccccc3c21. The van der Waals surface area contributed by atoms with Crippen LogP contribution in [0.5, 0.6) is 0 Å². The van der Waals surface area contributed by atoms with Crippen LogP contribution in [0.15, 0.2) is 137 Å². The van der Waals surface area contributed by atoms with Gasteiger partial charge in [0.05, 0.1) is 11.0 Å². The third-order valence-corrected chi connectivity index (χ3v) is 9.95. The number of hydrogen-bond donors (Lipinski definition) is 1. The molecular formula is C38H23N3OS. The zero-order valence-electron chi connectivity index (χ0n) is 22.9. The second kappa shape index (κ2) is 8.57. The number of fused-ring (bicyclic) bond motifs is 10. The number of thiophene rings is 1. The van der Waals surface area contributed by atoms with E-state index >= 15 is 0 Å². The lowest BCUT2D eigenvalue weighted by Crippen LogP contribution is -2.36. The Hall–Kier alpha value is -5.39. The lowest BCUT2D eigenvalue weighted by atomic mass is 10.0. The number of furan rings is 1. The van der Waals surface area contributed by atoms with Gasteiger partial charge in [-0.1, -0.05) is 91.0 Å². The quantitative estimate of drug-likeness (QED) is 0.225. The summed E-state index contributed by atoms with van der Waals surface area (Å²) in [5.74, 6) is 0.855. The summed E-state index contributed by atoms with van der Waals surface area (Å²) in [6, 6.07) is 45.3. The Bertz CT molecular complexity index is 2620. The van der Waals surface area contributed by atoms with E-state index in [1.165, 1.54) is 48.2 Å². The van der Waals surface area contributed by atoms with Crippen LogP contribution < -0.4 is 5.32 Å². The van der Waals surface area contributed by atoms with E-state index in [1.54, 1.807) is 11.3 Å². The van der Waals surface area contributed by atoms with Crippen molar-refractivity contribution in [2.24, 2.45) is 4.99 Å². The maximum atomic E-state index is 6.27. The molecule has 9 aromatic rings. The molecule has 4 heterocycles. The van der Waals surface area contributed by atoms with E-state index in [0.717, 1.165) is 38.3 Å². The molecule has 1 unspecified atom stereocenters. The van der Waals surface area contributed by atoms with Gasteiger partial charge in [-0.05, 0) is 47.2 Å². The van der Waals surface area contributed by atoms with E-state index in [2.05, 4.69) is 119 Å². The van der Waals surface area contributed by atoms with Gasteiger partial charge in [0.25, 0.3) is 0 Å². The van der Waals surface area contributed by atoms with Gasteiger partial charge in [-0.15, -0.1) is 11.3 Å². The first-order valence-electron chi connectivity index (χ1n) is 14.5. The van der Waals surface area contributed by atoms with Crippen LogP contribution in [0.3, 0.4) is 0 Å². The first-order chi connectivity index (χ1) is 21.3. The summed E-state index contributed by atoms with van der Waals surface area (Å²) in [5, 5.41) is 13.4. The summed E-state index contributed by atoms with van der Waals surface area (Å²) in [4.78, 5) is 5.33. The highest BCUT2D eigenvalue weighted by atomic mass is 32.1. The Labute approximate surface area is 250 Å². The monoisotopic (exact) mass is 569 g/mol. The number of aromatic nitrogens is 1. The Kier molecular flexibility index (Phi) is 4.62. The molecule has 6 aromatic carbocycles. The number of para-hydroxylation sites is 2. The second-order valence-corrected chi connectivity index (χ2v) is 12.2. The van der Waals surface area contributed by atoms with Crippen LogP contribution in [0.2, 0.25) is 0 Å². The molecule has 0 aliphatic carbocycles. The third-order valence-electron chi connectivity index (χ3n) is 8.87. The molecule has 1 N–H and O–H groups in total. The molecule has 202 valence electrons. The second-order valence-electron chi connectivity index (χ2n) is 11.2. The summed E-state index contributed by atoms with van der Waals surface area (Å²) in [6.45, 7) is 0. The molecule has 3 aromatic heterocycles. The van der Waals surface area contributed by atoms with E-state index in [1.807, 2.05) is 18.2 Å². The standard InChI is InChI=1S/C38H23N3OS/c1-2-11-23-21-30-28(20-22(23)10-1)24-12-3-6-16-29(24)41(30)37-35-26-14-5-8-19-33(26)43-38(35)40-36(39-37)27-15-9-18-32-34(27)25-13-4-7-17-31(25)42-32/h1-21,37H,(H,39,40). The lowest BCUT2D eigenvalue weighted by molar-refractivity contribution is 0.585. The molecule has 0 amide bonds. The molecule has 0 saturated heterocycles. The maximum absolute atomic E-state index is 6.27. The third kappa shape index (κ3) is 3.23. The van der Waals surface area contributed by atoms with Crippen molar-refractivity contribution in [2.75, 3.05) is 0 Å². The van der Waals surface area contributed by atoms with Crippen molar-refractivity contribution in [3.63, 3.8) is 0 Å². The lowest BCUT2D eigenvalue weighted by Gasteiger charge is -2.29. The number of amidine groups is 1. The van der Waals surface area contributed by atoms with Crippen LogP contribution in [0.1, 0.15) is 17.3 Å². The van der Waals surface area contributed by atoms with Crippen molar-refractivity contribution in [3.05, 3.63) is 139 Å². The Morgan fingerprint density at radius 1 is 0.628 bits per heavy atom. The fourth-order valence-corrected chi connectivity index (χ4v) is 8.11. The molecule has 0 bridgehead atoms. The average molecular weight is 570 g/mol. The Morgan fingerprint density at radius 2 is 1.35 bits per heavy atom. The number of nitrogens with zero attached hydrogens (tertiary/aromatic N) is 2. The number of aliphatic imine (C=N–C) groups is 1. The molecule has 1 atom stereocenters. The maximum Gasteiger partial charge on any atom is 0.137 e. The van der Waals surface area contributed by atoms with E-state index in [-0.39, 0.29) is 6.17 Å². The molecule has 1 aliphatic heterocycles. The highest BCUT2D eigenvalue weighted by molar-refractivity contribution is 7.22. The molecule has 1 aliphatic rings. The van der Waals surface area contributed by atoms with Gasteiger partial charge in [-0.3, -0.25) is 0 Å². The Morgan fingerprint density at radius 3 is 2.26 bits per heavy atom. The van der Waals surface area contributed by atoms with Crippen molar-refractivity contribution in [1.82, 2.24) is 9.88 Å². The molecule has 0 spiro atoms. The van der Waals surface area contributed by atoms with Gasteiger partial charge in [0.15, 0.2) is 0 Å². The topological polar surface area (TPSA) is 42.5 Å². The van der Waals surface area contributed by atoms with E-state index in [0.29, 0.717) is 0 Å². The predicted molar refractivity (Wildman–Crippen MR) is 180 cm³/mol. The number of nitrogens with one attached hydrogen (secondary N) is 1. The van der Waals surface area contributed by atoms with Crippen LogP contribution in [0, 0.1) is 0 Å². The van der Waals surface area contributed by atoms with Crippen molar-refractivity contribution < 1.29 is 4.42 Å². The first-order valence-corrected chi connectivity index (χ1v) is 15.3. The smallest absolute Gasteiger partial charge is 0.137 e. The molecule has 0 radical (unpaired) electrons. The number of rotatable bonds is 2. The minimum absolute atomic E-state index is 0.171. The van der Waals surface area contributed by atoms with E-state index in [9.17, 15) is 0 Å². The summed E-state index contributed by atoms with van der Waals surface area (Å²) < 4.78 is 9.99. The summed E-state index contributed by atoms with van der Waals surface area (Å²) in [5.41, 5.74) is 6.40. The van der Waals surface area contributed by atoms with Crippen molar-refractivity contribution >= 4 is 86.8 Å². The zero-order valence-corrected chi connectivity index (χ0v) is 23.7. The van der Waals surface area contributed by atoms with Gasteiger partial charge in [-0.25, -0.2) is 4.99 Å². The van der Waals surface area contributed by atoms with Gasteiger partial charge in [0.1, 0.15) is 28.2 Å². The van der Waals surface area contributed by atoms with Crippen molar-refractivity contribution in [1.29, 1.82) is 0 Å². The van der Waals surface area contributed by atoms with Gasteiger partial charge in [0.2, 0.25) is 0 Å². The highest BCUT2D eigenvalue weighted by Gasteiger charge is 2.31. The molecule has 4 nitrogen and oxygen atoms in total. The van der Waals surface area contributed by atoms with Crippen LogP contribution in [0.4, 0.5) is 5.00 Å². The fourth-order valence-electron chi connectivity index (χ4n) is 7.00. The molecule has 43 heavy (non-hydrogen) atoms. The molecule has 0 saturated carbocycles. The average Bonchev–Trinajstić information content (AvgIpc) is 3.72. The zero-order chi connectivity index (χ0) is 28.1. The largest absolute Gasteiger partial charge is 0.456 e. The number of benzene rings is 6. The van der Waals surface area contributed by atoms with Gasteiger partial charge in [-0.2, -0.15) is 0 Å². The van der Waals surface area contributed by atoms with Crippen LogP contribution in [-0.2, 0) is 0 Å². The van der Waals surface area contributed by atoms with Crippen LogP contribution >= 0.6 is 11.3 Å². The first kappa shape index (κ1) is 23.2. The number of hydrogen-bond acceptors (Lipinski definition) is 4. The Balaban J connectivity index is 1.30. The highest BCUT2D eigenvalue weighted by Crippen LogP contribution is 2.47. The van der Waals surface area contributed by atoms with Crippen LogP contribution in [-0.4, -0.2) is 10.4 Å². The van der Waals surface area contributed by atoms with Gasteiger partial charge >= 0.3 is 0 Å². The van der Waals surface area contributed by atoms with Crippen LogP contribution in [0.25, 0.3) is 64.6 Å². The molecule has 5 heteroatoms. The fraction of sp³-hybridized carbons (Fsp3) is 0.0263. The minimum atomic E-state index is -0.171. The minimum Gasteiger partial charge on any atom is -0.456 e. The summed E-state index contributed by atoms with van der Waals surface area (Å²) in [6.07, 6.45) is -0.171. The summed E-state index contributed by atoms with van der Waals surface area (Å²) >= 11 is 1.76. The molecule has 10 rings (SSSR count). The normalized spacial score (nSPS) is 15.1. The van der Waals surface area contributed by atoms with Gasteiger partial charge in [0, 0.05) is 42.8 Å². The van der Waals surface area contributed by atoms with Crippen molar-refractivity contribution in [2.45, 2.75) is 6.17 Å². The van der Waals surface area contributed by atoms with Crippen molar-refractivity contribution in [3.8, 4) is 0 Å². The predicted octanol–water partition coefficient (Wildman–Crippen LogP) is 10.3. The van der Waals surface area contributed by atoms with E-state index < -0.39 is 0 Å².